The Labute approximate surface area is 121 Å². The first-order chi connectivity index (χ1) is 8.70. The molecule has 2 rings (SSSR count). The Morgan fingerprint density at radius 1 is 1.22 bits per heavy atom. The molecule has 0 amide bonds. The molecule has 18 heavy (non-hydrogen) atoms. The molecule has 93 valence electrons. The summed E-state index contributed by atoms with van der Waals surface area (Å²) in [5, 5.41) is 0. The largest absolute Gasteiger partial charge is 0.496 e. The van der Waals surface area contributed by atoms with Gasteiger partial charge in [0.15, 0.2) is 0 Å². The van der Waals surface area contributed by atoms with Crippen molar-refractivity contribution >= 4 is 27.7 Å². The van der Waals surface area contributed by atoms with Gasteiger partial charge in [0, 0.05) is 20.7 Å². The van der Waals surface area contributed by atoms with Crippen LogP contribution in [-0.4, -0.2) is 7.11 Å². The van der Waals surface area contributed by atoms with Gasteiger partial charge in [0.2, 0.25) is 0 Å². The van der Waals surface area contributed by atoms with Crippen LogP contribution in [0.25, 0.3) is 0 Å². The van der Waals surface area contributed by atoms with Crippen molar-refractivity contribution in [3.8, 4) is 5.75 Å². The molecule has 1 radical (unpaired) electrons. The minimum Gasteiger partial charge on any atom is -0.496 e. The van der Waals surface area contributed by atoms with E-state index in [1.807, 2.05) is 30.3 Å². The van der Waals surface area contributed by atoms with E-state index < -0.39 is 0 Å². The van der Waals surface area contributed by atoms with Crippen molar-refractivity contribution in [2.75, 3.05) is 7.11 Å². The van der Waals surface area contributed by atoms with Crippen molar-refractivity contribution in [3.05, 3.63) is 65.0 Å². The molecule has 0 aliphatic rings. The maximum absolute atomic E-state index is 5.37. The zero-order chi connectivity index (χ0) is 13.0. The average molecular weight is 322 g/mol. The van der Waals surface area contributed by atoms with Gasteiger partial charge >= 0.3 is 0 Å². The maximum Gasteiger partial charge on any atom is 0.122 e. The van der Waals surface area contributed by atoms with Gasteiger partial charge in [0.1, 0.15) is 5.75 Å². The molecule has 0 atom stereocenters. The van der Waals surface area contributed by atoms with Crippen LogP contribution < -0.4 is 4.74 Å². The molecule has 1 nitrogen and oxygen atoms in total. The fraction of sp³-hybridized carbons (Fsp3) is 0.133. The van der Waals surface area contributed by atoms with Gasteiger partial charge < -0.3 is 4.74 Å². The zero-order valence-electron chi connectivity index (χ0n) is 10.2. The van der Waals surface area contributed by atoms with E-state index in [0.29, 0.717) is 0 Å². The molecule has 0 saturated heterocycles. The molecular formula is C15H14BrOS. The lowest BCUT2D eigenvalue weighted by atomic mass is 10.2. The molecule has 0 heterocycles. The van der Waals surface area contributed by atoms with Gasteiger partial charge in [-0.25, -0.2) is 0 Å². The first-order valence-corrected chi connectivity index (χ1v) is 7.35. The van der Waals surface area contributed by atoms with Gasteiger partial charge in [-0.15, -0.1) is 11.8 Å². The molecule has 0 N–H and O–H groups in total. The van der Waals surface area contributed by atoms with Gasteiger partial charge in [-0.2, -0.15) is 0 Å². The summed E-state index contributed by atoms with van der Waals surface area (Å²) in [6, 6.07) is 14.2. The summed E-state index contributed by atoms with van der Waals surface area (Å²) in [5.74, 6) is 1.79. The van der Waals surface area contributed by atoms with Crippen molar-refractivity contribution < 1.29 is 4.74 Å². The predicted molar refractivity (Wildman–Crippen MR) is 81.2 cm³/mol. The molecule has 2 aromatic carbocycles. The van der Waals surface area contributed by atoms with E-state index in [1.54, 1.807) is 18.9 Å². The Hall–Kier alpha value is -0.930. The number of methoxy groups -OCH3 is 1. The maximum atomic E-state index is 5.37. The first kappa shape index (κ1) is 13.5. The second kappa shape index (κ2) is 6.30. The minimum atomic E-state index is 0.870. The van der Waals surface area contributed by atoms with E-state index in [1.165, 1.54) is 10.5 Å². The van der Waals surface area contributed by atoms with Crippen LogP contribution in [0.4, 0.5) is 0 Å². The zero-order valence-corrected chi connectivity index (χ0v) is 12.6. The minimum absolute atomic E-state index is 0.870. The van der Waals surface area contributed by atoms with Crippen LogP contribution in [0.5, 0.6) is 5.75 Å². The van der Waals surface area contributed by atoms with E-state index >= 15 is 0 Å². The number of hydrogen-bond donors (Lipinski definition) is 0. The number of hydrogen-bond acceptors (Lipinski definition) is 2. The smallest absolute Gasteiger partial charge is 0.122 e. The standard InChI is InChI=1S/C15H14BrOS/c1-11-5-3-4-6-15(11)18-10-12-9-13(16)7-8-14(12)17-2/h3-9H,1,10H2,2H3. The second-order valence-corrected chi connectivity index (χ2v) is 5.79. The highest BCUT2D eigenvalue weighted by Gasteiger charge is 2.05. The monoisotopic (exact) mass is 321 g/mol. The Morgan fingerprint density at radius 2 is 2.00 bits per heavy atom. The van der Waals surface area contributed by atoms with Gasteiger partial charge in [-0.3, -0.25) is 0 Å². The van der Waals surface area contributed by atoms with Crippen LogP contribution in [0.3, 0.4) is 0 Å². The van der Waals surface area contributed by atoms with Gasteiger partial charge in [0.25, 0.3) is 0 Å². The van der Waals surface area contributed by atoms with E-state index in [4.69, 9.17) is 4.74 Å². The molecule has 0 unspecified atom stereocenters. The lowest BCUT2D eigenvalue weighted by Gasteiger charge is -2.10. The summed E-state index contributed by atoms with van der Waals surface area (Å²) in [4.78, 5) is 1.21. The lowest BCUT2D eigenvalue weighted by Crippen LogP contribution is -1.90. The molecule has 0 bridgehead atoms. The van der Waals surface area contributed by atoms with Crippen LogP contribution in [0, 0.1) is 6.92 Å². The highest BCUT2D eigenvalue weighted by Crippen LogP contribution is 2.31. The van der Waals surface area contributed by atoms with Crippen molar-refractivity contribution in [2.24, 2.45) is 0 Å². The quantitative estimate of drug-likeness (QED) is 0.738. The summed E-state index contributed by atoms with van der Waals surface area (Å²) in [6.07, 6.45) is 0. The molecule has 0 aliphatic heterocycles. The third-order valence-electron chi connectivity index (χ3n) is 2.60. The second-order valence-electron chi connectivity index (χ2n) is 3.85. The Balaban J connectivity index is 2.15. The number of thioether (sulfide) groups is 1. The van der Waals surface area contributed by atoms with E-state index in [9.17, 15) is 0 Å². The third-order valence-corrected chi connectivity index (χ3v) is 4.26. The van der Waals surface area contributed by atoms with Crippen LogP contribution in [0.15, 0.2) is 51.8 Å². The van der Waals surface area contributed by atoms with Crippen LogP contribution in [0.2, 0.25) is 0 Å². The Kier molecular flexibility index (Phi) is 4.72. The molecule has 2 aromatic rings. The van der Waals surface area contributed by atoms with Gasteiger partial charge in [0.05, 0.1) is 7.11 Å². The van der Waals surface area contributed by atoms with E-state index in [2.05, 4.69) is 35.0 Å². The first-order valence-electron chi connectivity index (χ1n) is 5.57. The third kappa shape index (κ3) is 3.30. The molecule has 0 aliphatic carbocycles. The Bertz CT molecular complexity index is 540. The summed E-state index contributed by atoms with van der Waals surface area (Å²) < 4.78 is 6.44. The number of rotatable bonds is 4. The highest BCUT2D eigenvalue weighted by atomic mass is 79.9. The number of halogens is 1. The van der Waals surface area contributed by atoms with Crippen molar-refractivity contribution in [1.82, 2.24) is 0 Å². The molecule has 0 saturated carbocycles. The summed E-state index contributed by atoms with van der Waals surface area (Å²) in [7, 11) is 1.70. The molecule has 0 fully saturated rings. The fourth-order valence-corrected chi connectivity index (χ4v) is 3.03. The van der Waals surface area contributed by atoms with Gasteiger partial charge in [-0.1, -0.05) is 34.1 Å². The van der Waals surface area contributed by atoms with Gasteiger partial charge in [-0.05, 0) is 36.8 Å². The molecule has 0 spiro atoms. The van der Waals surface area contributed by atoms with Crippen molar-refractivity contribution in [3.63, 3.8) is 0 Å². The Morgan fingerprint density at radius 3 is 2.72 bits per heavy atom. The fourth-order valence-electron chi connectivity index (χ4n) is 1.66. The van der Waals surface area contributed by atoms with Crippen molar-refractivity contribution in [2.45, 2.75) is 10.6 Å². The SMILES string of the molecule is [CH2]c1ccccc1SCc1cc(Br)ccc1OC. The predicted octanol–water partition coefficient (Wildman–Crippen LogP) is 4.93. The molecule has 0 aromatic heterocycles. The summed E-state index contributed by atoms with van der Waals surface area (Å²) >= 11 is 5.26. The summed E-state index contributed by atoms with van der Waals surface area (Å²) in [5.41, 5.74) is 2.25. The van der Waals surface area contributed by atoms with Crippen LogP contribution >= 0.6 is 27.7 Å². The average Bonchev–Trinajstić information content (AvgIpc) is 2.38. The summed E-state index contributed by atoms with van der Waals surface area (Å²) in [6.45, 7) is 4.03. The van der Waals surface area contributed by atoms with E-state index in [0.717, 1.165) is 21.5 Å². The van der Waals surface area contributed by atoms with Crippen molar-refractivity contribution in [1.29, 1.82) is 0 Å². The highest BCUT2D eigenvalue weighted by molar-refractivity contribution is 9.10. The molecule has 3 heteroatoms. The number of benzene rings is 2. The van der Waals surface area contributed by atoms with E-state index in [-0.39, 0.29) is 0 Å². The van der Waals surface area contributed by atoms with Crippen LogP contribution in [-0.2, 0) is 5.75 Å². The molecular weight excluding hydrogens is 308 g/mol. The normalized spacial score (nSPS) is 10.4. The number of ether oxygens (including phenoxy) is 1. The topological polar surface area (TPSA) is 9.23 Å². The van der Waals surface area contributed by atoms with Crippen LogP contribution in [0.1, 0.15) is 11.1 Å². The lowest BCUT2D eigenvalue weighted by molar-refractivity contribution is 0.411.